The van der Waals surface area contributed by atoms with Gasteiger partial charge in [-0.3, -0.25) is 0 Å². The van der Waals surface area contributed by atoms with Crippen LogP contribution in [0.2, 0.25) is 0 Å². The molecule has 0 spiro atoms. The van der Waals surface area contributed by atoms with E-state index >= 15 is 0 Å². The normalized spacial score (nSPS) is 18.8. The molecular weight excluding hydrogens is 215 g/mol. The molecule has 0 fully saturated rings. The average Bonchev–Trinajstić information content (AvgIpc) is 2.56. The van der Waals surface area contributed by atoms with E-state index in [2.05, 4.69) is 0 Å². The highest BCUT2D eigenvalue weighted by molar-refractivity contribution is 7.55. The first kappa shape index (κ1) is 10.5. The second-order valence-corrected chi connectivity index (χ2v) is 5.40. The Labute approximate surface area is 88.7 Å². The van der Waals surface area contributed by atoms with Crippen LogP contribution in [0.3, 0.4) is 0 Å². The number of rotatable bonds is 3. The van der Waals surface area contributed by atoms with E-state index in [4.69, 9.17) is 13.8 Å². The fourth-order valence-electron chi connectivity index (χ4n) is 1.37. The molecule has 4 nitrogen and oxygen atoms in total. The zero-order chi connectivity index (χ0) is 10.9. The summed E-state index contributed by atoms with van der Waals surface area (Å²) in [7, 11) is -3.18. The minimum Gasteiger partial charge on any atom is -0.410 e. The minimum absolute atomic E-state index is 0.480. The zero-order valence-electron chi connectivity index (χ0n) is 8.67. The summed E-state index contributed by atoms with van der Waals surface area (Å²) in [4.78, 5) is 0. The standard InChI is InChI=1S/C10H13O4P/c1-3-12-8(2)15(11)13-9-6-4-5-7-10(9)14-15/h4-8H,3H2,1-2H3/t8-/m1/s1. The Morgan fingerprint density at radius 3 is 2.33 bits per heavy atom. The van der Waals surface area contributed by atoms with E-state index in [1.165, 1.54) is 0 Å². The van der Waals surface area contributed by atoms with Crippen LogP contribution in [0.1, 0.15) is 13.8 Å². The van der Waals surface area contributed by atoms with Gasteiger partial charge < -0.3 is 13.8 Å². The molecule has 0 saturated carbocycles. The Kier molecular flexibility index (Phi) is 2.72. The van der Waals surface area contributed by atoms with Crippen LogP contribution in [0, 0.1) is 0 Å². The molecule has 1 aromatic rings. The van der Waals surface area contributed by atoms with Gasteiger partial charge in [0.05, 0.1) is 0 Å². The predicted octanol–water partition coefficient (Wildman–Crippen LogP) is 3.03. The topological polar surface area (TPSA) is 44.8 Å². The maximum atomic E-state index is 12.2. The second-order valence-electron chi connectivity index (χ2n) is 3.22. The van der Waals surface area contributed by atoms with Crippen molar-refractivity contribution < 1.29 is 18.3 Å². The van der Waals surface area contributed by atoms with Crippen molar-refractivity contribution >= 4 is 7.60 Å². The Morgan fingerprint density at radius 1 is 1.33 bits per heavy atom. The van der Waals surface area contributed by atoms with E-state index in [9.17, 15) is 4.57 Å². The molecule has 0 amide bonds. The van der Waals surface area contributed by atoms with Gasteiger partial charge in [-0.15, -0.1) is 0 Å². The van der Waals surface area contributed by atoms with Gasteiger partial charge in [0.2, 0.25) is 0 Å². The molecule has 0 aromatic heterocycles. The number of fused-ring (bicyclic) bond motifs is 1. The van der Waals surface area contributed by atoms with Gasteiger partial charge in [-0.2, -0.15) is 0 Å². The summed E-state index contributed by atoms with van der Waals surface area (Å²) in [6, 6.07) is 7.08. The molecule has 1 aromatic carbocycles. The molecule has 5 heteroatoms. The highest BCUT2D eigenvalue weighted by Crippen LogP contribution is 2.61. The predicted molar refractivity (Wildman–Crippen MR) is 56.4 cm³/mol. The summed E-state index contributed by atoms with van der Waals surface area (Å²) in [5.74, 6) is 0.495. The molecule has 0 bridgehead atoms. The lowest BCUT2D eigenvalue weighted by atomic mass is 10.3. The lowest BCUT2D eigenvalue weighted by molar-refractivity contribution is 0.114. The lowest BCUT2D eigenvalue weighted by Gasteiger charge is -2.17. The number of para-hydroxylation sites is 2. The van der Waals surface area contributed by atoms with E-state index in [0.717, 1.165) is 0 Å². The highest BCUT2D eigenvalue weighted by atomic mass is 31.2. The minimum atomic E-state index is -3.18. The second kappa shape index (κ2) is 3.87. The molecule has 15 heavy (non-hydrogen) atoms. The molecule has 2 rings (SSSR count). The third-order valence-corrected chi connectivity index (χ3v) is 4.10. The fraction of sp³-hybridized carbons (Fsp3) is 0.400. The Hall–Kier alpha value is -0.990. The van der Waals surface area contributed by atoms with Gasteiger partial charge >= 0.3 is 7.60 Å². The van der Waals surface area contributed by atoms with Crippen LogP contribution in [0.4, 0.5) is 0 Å². The van der Waals surface area contributed by atoms with E-state index in [0.29, 0.717) is 18.1 Å². The molecule has 1 heterocycles. The van der Waals surface area contributed by atoms with Gasteiger partial charge in [-0.25, -0.2) is 4.57 Å². The average molecular weight is 228 g/mol. The van der Waals surface area contributed by atoms with Crippen molar-refractivity contribution in [3.8, 4) is 11.5 Å². The maximum Gasteiger partial charge on any atom is 0.459 e. The van der Waals surface area contributed by atoms with Crippen molar-refractivity contribution in [2.75, 3.05) is 6.61 Å². The number of hydrogen-bond donors (Lipinski definition) is 0. The van der Waals surface area contributed by atoms with E-state index in [1.807, 2.05) is 19.1 Å². The Balaban J connectivity index is 2.21. The quantitative estimate of drug-likeness (QED) is 0.746. The SMILES string of the molecule is CCO[C@@H](C)P1(=O)Oc2ccccc2O1. The summed E-state index contributed by atoms with van der Waals surface area (Å²) >= 11 is 0. The van der Waals surface area contributed by atoms with Crippen LogP contribution in [0.25, 0.3) is 0 Å². The molecule has 1 aliphatic heterocycles. The van der Waals surface area contributed by atoms with E-state index in [1.54, 1.807) is 19.1 Å². The first-order chi connectivity index (χ1) is 7.15. The van der Waals surface area contributed by atoms with Crippen LogP contribution >= 0.6 is 7.60 Å². The van der Waals surface area contributed by atoms with Gasteiger partial charge in [0.25, 0.3) is 0 Å². The Morgan fingerprint density at radius 2 is 1.87 bits per heavy atom. The largest absolute Gasteiger partial charge is 0.459 e. The van der Waals surface area contributed by atoms with E-state index < -0.39 is 13.4 Å². The first-order valence-corrected chi connectivity index (χ1v) is 6.46. The number of ether oxygens (including phenoxy) is 1. The number of benzene rings is 1. The molecule has 1 aliphatic rings. The smallest absolute Gasteiger partial charge is 0.410 e. The molecule has 0 radical (unpaired) electrons. The van der Waals surface area contributed by atoms with Gasteiger partial charge in [0, 0.05) is 6.61 Å². The van der Waals surface area contributed by atoms with Crippen molar-refractivity contribution in [2.24, 2.45) is 0 Å². The van der Waals surface area contributed by atoms with Gasteiger partial charge in [0.1, 0.15) is 0 Å². The molecule has 82 valence electrons. The van der Waals surface area contributed by atoms with Crippen LogP contribution in [0.15, 0.2) is 24.3 Å². The van der Waals surface area contributed by atoms with Crippen molar-refractivity contribution in [3.05, 3.63) is 24.3 Å². The molecule has 0 aliphatic carbocycles. The summed E-state index contributed by atoms with van der Waals surface area (Å²) in [6.07, 6.45) is 0. The van der Waals surface area contributed by atoms with Crippen molar-refractivity contribution in [2.45, 2.75) is 19.7 Å². The van der Waals surface area contributed by atoms with Gasteiger partial charge in [-0.1, -0.05) is 12.1 Å². The Bertz CT molecular complexity index is 375. The molecule has 0 N–H and O–H groups in total. The third-order valence-electron chi connectivity index (χ3n) is 2.15. The summed E-state index contributed by atoms with van der Waals surface area (Å²) in [5, 5.41) is 0. The van der Waals surface area contributed by atoms with Gasteiger partial charge in [0.15, 0.2) is 17.3 Å². The van der Waals surface area contributed by atoms with Crippen molar-refractivity contribution in [1.29, 1.82) is 0 Å². The molecule has 0 unspecified atom stereocenters. The molecular formula is C10H13O4P. The van der Waals surface area contributed by atoms with Crippen LogP contribution in [-0.4, -0.2) is 12.5 Å². The molecule has 1 atom stereocenters. The monoisotopic (exact) mass is 228 g/mol. The van der Waals surface area contributed by atoms with E-state index in [-0.39, 0.29) is 0 Å². The van der Waals surface area contributed by atoms with Crippen LogP contribution in [-0.2, 0) is 9.30 Å². The fourth-order valence-corrected chi connectivity index (χ4v) is 2.89. The number of hydrogen-bond acceptors (Lipinski definition) is 4. The van der Waals surface area contributed by atoms with Crippen LogP contribution < -0.4 is 9.05 Å². The van der Waals surface area contributed by atoms with Crippen LogP contribution in [0.5, 0.6) is 11.5 Å². The van der Waals surface area contributed by atoms with Gasteiger partial charge in [-0.05, 0) is 26.0 Å². The van der Waals surface area contributed by atoms with Crippen molar-refractivity contribution in [3.63, 3.8) is 0 Å². The molecule has 0 saturated heterocycles. The summed E-state index contributed by atoms with van der Waals surface area (Å²) in [6.45, 7) is 4.01. The third kappa shape index (κ3) is 1.87. The summed E-state index contributed by atoms with van der Waals surface area (Å²) < 4.78 is 28.1. The van der Waals surface area contributed by atoms with Crippen molar-refractivity contribution in [1.82, 2.24) is 0 Å². The summed E-state index contributed by atoms with van der Waals surface area (Å²) in [5.41, 5.74) is 0. The maximum absolute atomic E-state index is 12.2. The zero-order valence-corrected chi connectivity index (χ0v) is 9.57. The highest BCUT2D eigenvalue weighted by Gasteiger charge is 2.42. The first-order valence-electron chi connectivity index (χ1n) is 4.85. The lowest BCUT2D eigenvalue weighted by Crippen LogP contribution is -2.13.